The quantitative estimate of drug-likeness (QED) is 0.870. The molecule has 3 heteroatoms. The molecule has 0 amide bonds. The summed E-state index contributed by atoms with van der Waals surface area (Å²) in [7, 11) is 0. The van der Waals surface area contributed by atoms with Gasteiger partial charge >= 0.3 is 0 Å². The van der Waals surface area contributed by atoms with Gasteiger partial charge in [0.2, 0.25) is 0 Å². The number of aliphatic hydroxyl groups excluding tert-OH is 1. The number of phenols is 1. The Morgan fingerprint density at radius 1 is 0.944 bits per heavy atom. The average Bonchev–Trinajstić information content (AvgIpc) is 2.28. The predicted octanol–water partition coefficient (Wildman–Crippen LogP) is 2.68. The van der Waals surface area contributed by atoms with Crippen molar-refractivity contribution in [3.8, 4) is 5.75 Å². The topological polar surface area (TPSA) is 40.5 Å². The van der Waals surface area contributed by atoms with Crippen molar-refractivity contribution in [3.05, 3.63) is 65.5 Å². The Labute approximate surface area is 105 Å². The number of halogens is 1. The number of aromatic hydroxyl groups is 1. The Morgan fingerprint density at radius 2 is 1.56 bits per heavy atom. The number of aliphatic hydroxyl groups is 1. The lowest BCUT2D eigenvalue weighted by Gasteiger charge is -2.11. The average molecular weight is 246 g/mol. The maximum atomic E-state index is 13.0. The van der Waals surface area contributed by atoms with Gasteiger partial charge in [0.15, 0.2) is 0 Å². The van der Waals surface area contributed by atoms with Gasteiger partial charge < -0.3 is 10.2 Å². The highest BCUT2D eigenvalue weighted by Crippen LogP contribution is 2.14. The van der Waals surface area contributed by atoms with Crippen molar-refractivity contribution in [2.45, 2.75) is 18.9 Å². The normalized spacial score (nSPS) is 12.3. The molecule has 0 saturated heterocycles. The highest BCUT2D eigenvalue weighted by molar-refractivity contribution is 5.28. The summed E-state index contributed by atoms with van der Waals surface area (Å²) in [6.45, 7) is 0. The summed E-state index contributed by atoms with van der Waals surface area (Å²) < 4.78 is 13.0. The van der Waals surface area contributed by atoms with Crippen molar-refractivity contribution in [1.29, 1.82) is 0 Å². The summed E-state index contributed by atoms with van der Waals surface area (Å²) in [4.78, 5) is 0. The minimum Gasteiger partial charge on any atom is -0.508 e. The Hall–Kier alpha value is -1.87. The standard InChI is InChI=1S/C15H15FO2/c16-13-5-1-3-11(7-13)9-15(18)10-12-4-2-6-14(17)8-12/h1-8,15,17-18H,9-10H2. The maximum absolute atomic E-state index is 13.0. The lowest BCUT2D eigenvalue weighted by molar-refractivity contribution is 0.175. The third-order valence-electron chi connectivity index (χ3n) is 2.74. The van der Waals surface area contributed by atoms with E-state index in [9.17, 15) is 14.6 Å². The Morgan fingerprint density at radius 3 is 2.17 bits per heavy atom. The van der Waals surface area contributed by atoms with Crippen LogP contribution in [0, 0.1) is 5.82 Å². The van der Waals surface area contributed by atoms with Crippen molar-refractivity contribution in [1.82, 2.24) is 0 Å². The van der Waals surface area contributed by atoms with Gasteiger partial charge in [0.25, 0.3) is 0 Å². The molecule has 2 aromatic carbocycles. The van der Waals surface area contributed by atoms with Crippen molar-refractivity contribution in [2.75, 3.05) is 0 Å². The fourth-order valence-electron chi connectivity index (χ4n) is 1.96. The van der Waals surface area contributed by atoms with Gasteiger partial charge in [0, 0.05) is 0 Å². The van der Waals surface area contributed by atoms with Crippen LogP contribution in [0.1, 0.15) is 11.1 Å². The smallest absolute Gasteiger partial charge is 0.123 e. The fraction of sp³-hybridized carbons (Fsp3) is 0.200. The first kappa shape index (κ1) is 12.6. The van der Waals surface area contributed by atoms with Gasteiger partial charge in [0.05, 0.1) is 6.10 Å². The monoisotopic (exact) mass is 246 g/mol. The van der Waals surface area contributed by atoms with Crippen LogP contribution >= 0.6 is 0 Å². The van der Waals surface area contributed by atoms with E-state index in [0.29, 0.717) is 12.8 Å². The Kier molecular flexibility index (Phi) is 3.95. The molecule has 0 fully saturated rings. The highest BCUT2D eigenvalue weighted by Gasteiger charge is 2.08. The summed E-state index contributed by atoms with van der Waals surface area (Å²) in [5.41, 5.74) is 1.63. The van der Waals surface area contributed by atoms with E-state index in [1.807, 2.05) is 6.07 Å². The van der Waals surface area contributed by atoms with Gasteiger partial charge in [-0.15, -0.1) is 0 Å². The van der Waals surface area contributed by atoms with Gasteiger partial charge in [-0.25, -0.2) is 4.39 Å². The number of benzene rings is 2. The van der Waals surface area contributed by atoms with Crippen LogP contribution in [0.5, 0.6) is 5.75 Å². The number of hydrogen-bond acceptors (Lipinski definition) is 2. The molecule has 0 radical (unpaired) electrons. The predicted molar refractivity (Wildman–Crippen MR) is 67.9 cm³/mol. The van der Waals surface area contributed by atoms with E-state index >= 15 is 0 Å². The molecule has 0 heterocycles. The van der Waals surface area contributed by atoms with E-state index in [2.05, 4.69) is 0 Å². The molecule has 0 spiro atoms. The molecule has 1 atom stereocenters. The second-order valence-corrected chi connectivity index (χ2v) is 4.36. The number of phenolic OH excluding ortho intramolecular Hbond substituents is 1. The zero-order valence-electron chi connectivity index (χ0n) is 9.88. The summed E-state index contributed by atoms with van der Waals surface area (Å²) in [5.74, 6) is -0.109. The SMILES string of the molecule is Oc1cccc(CC(O)Cc2cccc(F)c2)c1. The van der Waals surface area contributed by atoms with Gasteiger partial charge in [0.1, 0.15) is 11.6 Å². The number of rotatable bonds is 4. The molecular formula is C15H15FO2. The zero-order valence-corrected chi connectivity index (χ0v) is 9.88. The molecule has 2 aromatic rings. The summed E-state index contributed by atoms with van der Waals surface area (Å²) in [5, 5.41) is 19.3. The molecular weight excluding hydrogens is 231 g/mol. The van der Waals surface area contributed by atoms with Gasteiger partial charge in [-0.2, -0.15) is 0 Å². The van der Waals surface area contributed by atoms with E-state index in [1.54, 1.807) is 30.3 Å². The molecule has 2 rings (SSSR count). The van der Waals surface area contributed by atoms with Gasteiger partial charge in [-0.1, -0.05) is 24.3 Å². The van der Waals surface area contributed by atoms with Gasteiger partial charge in [-0.3, -0.25) is 0 Å². The van der Waals surface area contributed by atoms with E-state index in [-0.39, 0.29) is 11.6 Å². The molecule has 2 nitrogen and oxygen atoms in total. The molecule has 94 valence electrons. The number of hydrogen-bond donors (Lipinski definition) is 2. The second-order valence-electron chi connectivity index (χ2n) is 4.36. The highest BCUT2D eigenvalue weighted by atomic mass is 19.1. The molecule has 2 N–H and O–H groups in total. The zero-order chi connectivity index (χ0) is 13.0. The van der Waals surface area contributed by atoms with Crippen molar-refractivity contribution < 1.29 is 14.6 Å². The fourth-order valence-corrected chi connectivity index (χ4v) is 1.96. The van der Waals surface area contributed by atoms with E-state index in [4.69, 9.17) is 0 Å². The van der Waals surface area contributed by atoms with Crippen molar-refractivity contribution in [3.63, 3.8) is 0 Å². The van der Waals surface area contributed by atoms with E-state index in [0.717, 1.165) is 11.1 Å². The summed E-state index contributed by atoms with van der Waals surface area (Å²) >= 11 is 0. The van der Waals surface area contributed by atoms with Crippen LogP contribution in [0.4, 0.5) is 4.39 Å². The first-order valence-corrected chi connectivity index (χ1v) is 5.84. The van der Waals surface area contributed by atoms with Crippen LogP contribution < -0.4 is 0 Å². The first-order valence-electron chi connectivity index (χ1n) is 5.84. The molecule has 0 aliphatic heterocycles. The lowest BCUT2D eigenvalue weighted by Crippen LogP contribution is -2.13. The van der Waals surface area contributed by atoms with Gasteiger partial charge in [-0.05, 0) is 48.2 Å². The van der Waals surface area contributed by atoms with Crippen LogP contribution in [0.25, 0.3) is 0 Å². The van der Waals surface area contributed by atoms with Crippen LogP contribution in [0.15, 0.2) is 48.5 Å². The molecule has 18 heavy (non-hydrogen) atoms. The van der Waals surface area contributed by atoms with Crippen LogP contribution in [-0.4, -0.2) is 16.3 Å². The Bertz CT molecular complexity index is 478. The molecule has 1 unspecified atom stereocenters. The Balaban J connectivity index is 1.98. The van der Waals surface area contributed by atoms with E-state index in [1.165, 1.54) is 12.1 Å². The van der Waals surface area contributed by atoms with Crippen LogP contribution in [-0.2, 0) is 12.8 Å². The molecule has 0 saturated carbocycles. The maximum Gasteiger partial charge on any atom is 0.123 e. The first-order chi connectivity index (χ1) is 8.63. The molecule has 0 aliphatic carbocycles. The second kappa shape index (κ2) is 5.65. The minimum atomic E-state index is -0.589. The van der Waals surface area contributed by atoms with Crippen molar-refractivity contribution in [2.24, 2.45) is 0 Å². The van der Waals surface area contributed by atoms with Crippen LogP contribution in [0.3, 0.4) is 0 Å². The molecule has 0 aromatic heterocycles. The third kappa shape index (κ3) is 3.57. The third-order valence-corrected chi connectivity index (χ3v) is 2.74. The summed E-state index contributed by atoms with van der Waals surface area (Å²) in [6.07, 6.45) is 0.242. The minimum absolute atomic E-state index is 0.186. The molecule has 0 aliphatic rings. The summed E-state index contributed by atoms with van der Waals surface area (Å²) in [6, 6.07) is 13.0. The van der Waals surface area contributed by atoms with Crippen molar-refractivity contribution >= 4 is 0 Å². The largest absolute Gasteiger partial charge is 0.508 e. The van der Waals surface area contributed by atoms with E-state index < -0.39 is 6.10 Å². The van der Waals surface area contributed by atoms with Crippen LogP contribution in [0.2, 0.25) is 0 Å². The molecule has 0 bridgehead atoms. The lowest BCUT2D eigenvalue weighted by atomic mass is 10.0.